The van der Waals surface area contributed by atoms with Gasteiger partial charge in [0.25, 0.3) is 11.8 Å². The van der Waals surface area contributed by atoms with Crippen LogP contribution in [0.3, 0.4) is 0 Å². The van der Waals surface area contributed by atoms with Crippen molar-refractivity contribution in [3.05, 3.63) is 70.8 Å². The fraction of sp³-hybridized carbons (Fsp3) is 0.160. The highest BCUT2D eigenvalue weighted by atomic mass is 35.5. The van der Waals surface area contributed by atoms with E-state index in [1.54, 1.807) is 24.3 Å². The van der Waals surface area contributed by atoms with Gasteiger partial charge in [-0.15, -0.1) is 0 Å². The molecule has 8 heteroatoms. The van der Waals surface area contributed by atoms with Crippen LogP contribution in [0, 0.1) is 0 Å². The van der Waals surface area contributed by atoms with Crippen LogP contribution >= 0.6 is 11.6 Å². The van der Waals surface area contributed by atoms with Crippen molar-refractivity contribution in [1.82, 2.24) is 5.32 Å². The van der Waals surface area contributed by atoms with Crippen molar-refractivity contribution in [2.24, 2.45) is 0 Å². The Balaban J connectivity index is 1.88. The zero-order valence-electron chi connectivity index (χ0n) is 18.1. The molecule has 4 rings (SSSR count). The molecular formula is C25H21ClN2O5. The number of halogens is 1. The summed E-state index contributed by atoms with van der Waals surface area (Å²) < 4.78 is 11.4. The van der Waals surface area contributed by atoms with Gasteiger partial charge in [-0.25, -0.2) is 9.69 Å². The van der Waals surface area contributed by atoms with Gasteiger partial charge in [0.1, 0.15) is 17.1 Å². The summed E-state index contributed by atoms with van der Waals surface area (Å²) >= 11 is 6.04. The van der Waals surface area contributed by atoms with E-state index in [-0.39, 0.29) is 11.3 Å². The first-order chi connectivity index (χ1) is 15.9. The molecule has 1 N–H and O–H groups in total. The molecule has 1 aliphatic heterocycles. The second kappa shape index (κ2) is 9.34. The lowest BCUT2D eigenvalue weighted by Gasteiger charge is -2.26. The minimum Gasteiger partial charge on any atom is -0.494 e. The van der Waals surface area contributed by atoms with Gasteiger partial charge in [-0.05, 0) is 67.1 Å². The number of urea groups is 1. The van der Waals surface area contributed by atoms with Crippen LogP contribution in [0.4, 0.5) is 10.5 Å². The van der Waals surface area contributed by atoms with Crippen LogP contribution < -0.4 is 19.7 Å². The van der Waals surface area contributed by atoms with Crippen LogP contribution in [0.15, 0.2) is 60.2 Å². The molecule has 0 aliphatic carbocycles. The summed E-state index contributed by atoms with van der Waals surface area (Å²) in [7, 11) is 0. The molecule has 7 nitrogen and oxygen atoms in total. The lowest BCUT2D eigenvalue weighted by molar-refractivity contribution is -0.122. The van der Waals surface area contributed by atoms with E-state index in [2.05, 4.69) is 5.32 Å². The first kappa shape index (κ1) is 22.4. The first-order valence-electron chi connectivity index (χ1n) is 10.4. The van der Waals surface area contributed by atoms with Gasteiger partial charge in [0.2, 0.25) is 0 Å². The van der Waals surface area contributed by atoms with Crippen LogP contribution in [0.5, 0.6) is 11.5 Å². The standard InChI is InChI=1S/C25H21ClN2O5/c1-3-32-18-10-8-15-9-11-22(33-4-2)20(19(15)13-18)14-21-23(29)27-25(31)28(24(21)30)17-7-5-6-16(26)12-17/h5-14H,3-4H2,1-2H3,(H,27,29,31)/b21-14+. The number of hydrogen-bond donors (Lipinski definition) is 1. The molecule has 168 valence electrons. The molecule has 0 aromatic heterocycles. The van der Waals surface area contributed by atoms with Crippen LogP contribution in [0.25, 0.3) is 16.8 Å². The fourth-order valence-corrected chi connectivity index (χ4v) is 3.82. The number of nitrogens with zero attached hydrogens (tertiary/aromatic N) is 1. The summed E-state index contributed by atoms with van der Waals surface area (Å²) in [5.41, 5.74) is 0.588. The number of carbonyl (C=O) groups is 3. The molecule has 1 heterocycles. The molecule has 0 spiro atoms. The minimum atomic E-state index is -0.842. The number of rotatable bonds is 6. The van der Waals surface area contributed by atoms with Gasteiger partial charge in [-0.3, -0.25) is 14.9 Å². The predicted molar refractivity (Wildman–Crippen MR) is 127 cm³/mol. The molecule has 0 saturated carbocycles. The summed E-state index contributed by atoms with van der Waals surface area (Å²) in [6.45, 7) is 4.61. The Morgan fingerprint density at radius 2 is 1.73 bits per heavy atom. The number of imide groups is 2. The maximum absolute atomic E-state index is 13.3. The third-order valence-corrected chi connectivity index (χ3v) is 5.30. The van der Waals surface area contributed by atoms with Gasteiger partial charge in [-0.2, -0.15) is 0 Å². The van der Waals surface area contributed by atoms with Gasteiger partial charge in [0.05, 0.1) is 18.9 Å². The van der Waals surface area contributed by atoms with Gasteiger partial charge in [0, 0.05) is 10.6 Å². The predicted octanol–water partition coefficient (Wildman–Crippen LogP) is 4.96. The normalized spacial score (nSPS) is 15.2. The molecule has 3 aromatic carbocycles. The number of amides is 4. The summed E-state index contributed by atoms with van der Waals surface area (Å²) in [4.78, 5) is 39.4. The molecule has 3 aromatic rings. The number of benzene rings is 3. The summed E-state index contributed by atoms with van der Waals surface area (Å²) in [6.07, 6.45) is 1.45. The lowest BCUT2D eigenvalue weighted by atomic mass is 9.99. The van der Waals surface area contributed by atoms with Crippen molar-refractivity contribution in [3.63, 3.8) is 0 Å². The largest absolute Gasteiger partial charge is 0.494 e. The summed E-state index contributed by atoms with van der Waals surface area (Å²) in [6, 6.07) is 14.7. The maximum atomic E-state index is 13.3. The Hall–Kier alpha value is -3.84. The number of fused-ring (bicyclic) bond motifs is 1. The van der Waals surface area contributed by atoms with Crippen LogP contribution in [0.2, 0.25) is 5.02 Å². The summed E-state index contributed by atoms with van der Waals surface area (Å²) in [5.74, 6) is -0.401. The zero-order valence-corrected chi connectivity index (χ0v) is 18.8. The van der Waals surface area contributed by atoms with Crippen LogP contribution in [0.1, 0.15) is 19.4 Å². The Morgan fingerprint density at radius 3 is 2.45 bits per heavy atom. The lowest BCUT2D eigenvalue weighted by Crippen LogP contribution is -2.54. The van der Waals surface area contributed by atoms with E-state index in [1.165, 1.54) is 12.1 Å². The smallest absolute Gasteiger partial charge is 0.335 e. The number of nitrogens with one attached hydrogen (secondary N) is 1. The van der Waals surface area contributed by atoms with E-state index < -0.39 is 17.8 Å². The van der Waals surface area contributed by atoms with Crippen molar-refractivity contribution in [2.45, 2.75) is 13.8 Å². The minimum absolute atomic E-state index is 0.204. The second-order valence-electron chi connectivity index (χ2n) is 7.16. The van der Waals surface area contributed by atoms with Gasteiger partial charge >= 0.3 is 6.03 Å². The van der Waals surface area contributed by atoms with Crippen molar-refractivity contribution >= 4 is 52.0 Å². The van der Waals surface area contributed by atoms with E-state index in [4.69, 9.17) is 21.1 Å². The third-order valence-electron chi connectivity index (χ3n) is 5.06. The van der Waals surface area contributed by atoms with Crippen LogP contribution in [-0.4, -0.2) is 31.1 Å². The van der Waals surface area contributed by atoms with E-state index in [1.807, 2.05) is 38.1 Å². The number of anilines is 1. The first-order valence-corrected chi connectivity index (χ1v) is 10.8. The van der Waals surface area contributed by atoms with E-state index in [0.717, 1.165) is 15.7 Å². The molecule has 33 heavy (non-hydrogen) atoms. The monoisotopic (exact) mass is 464 g/mol. The fourth-order valence-electron chi connectivity index (χ4n) is 3.64. The SMILES string of the molecule is CCOc1ccc2ccc(OCC)c(/C=C3\C(=O)NC(=O)N(c4cccc(Cl)c4)C3=O)c2c1. The highest BCUT2D eigenvalue weighted by molar-refractivity contribution is 6.39. The van der Waals surface area contributed by atoms with Crippen LogP contribution in [-0.2, 0) is 9.59 Å². The molecule has 0 atom stereocenters. The third kappa shape index (κ3) is 4.40. The Bertz CT molecular complexity index is 1300. The molecule has 0 bridgehead atoms. The van der Waals surface area contributed by atoms with Gasteiger partial charge in [-0.1, -0.05) is 29.8 Å². The number of barbiturate groups is 1. The van der Waals surface area contributed by atoms with Crippen molar-refractivity contribution in [2.75, 3.05) is 18.1 Å². The maximum Gasteiger partial charge on any atom is 0.335 e. The molecular weight excluding hydrogens is 444 g/mol. The highest BCUT2D eigenvalue weighted by Gasteiger charge is 2.37. The Kier molecular flexibility index (Phi) is 6.33. The highest BCUT2D eigenvalue weighted by Crippen LogP contribution is 2.34. The molecule has 1 saturated heterocycles. The zero-order chi connectivity index (χ0) is 23.5. The Labute approximate surface area is 195 Å². The topological polar surface area (TPSA) is 84.9 Å². The molecule has 1 fully saturated rings. The molecule has 4 amide bonds. The quantitative estimate of drug-likeness (QED) is 0.412. The Morgan fingerprint density at radius 1 is 0.970 bits per heavy atom. The van der Waals surface area contributed by atoms with Crippen molar-refractivity contribution in [3.8, 4) is 11.5 Å². The van der Waals surface area contributed by atoms with Crippen molar-refractivity contribution in [1.29, 1.82) is 0 Å². The van der Waals surface area contributed by atoms with Crippen molar-refractivity contribution < 1.29 is 23.9 Å². The average molecular weight is 465 g/mol. The summed E-state index contributed by atoms with van der Waals surface area (Å²) in [5, 5.41) is 4.20. The molecule has 0 radical (unpaired) electrons. The molecule has 1 aliphatic rings. The molecule has 0 unspecified atom stereocenters. The van der Waals surface area contributed by atoms with E-state index in [9.17, 15) is 14.4 Å². The van der Waals surface area contributed by atoms with Gasteiger partial charge < -0.3 is 9.47 Å². The van der Waals surface area contributed by atoms with Gasteiger partial charge in [0.15, 0.2) is 0 Å². The number of hydrogen-bond acceptors (Lipinski definition) is 5. The number of ether oxygens (including phenoxy) is 2. The van der Waals surface area contributed by atoms with E-state index >= 15 is 0 Å². The second-order valence-corrected chi connectivity index (χ2v) is 7.60. The number of carbonyl (C=O) groups excluding carboxylic acids is 3. The average Bonchev–Trinajstić information content (AvgIpc) is 2.78. The van der Waals surface area contributed by atoms with E-state index in [0.29, 0.717) is 35.3 Å².